The summed E-state index contributed by atoms with van der Waals surface area (Å²) in [5.74, 6) is -0.780. The lowest BCUT2D eigenvalue weighted by molar-refractivity contribution is -0.140. The molecule has 0 saturated heterocycles. The van der Waals surface area contributed by atoms with E-state index in [0.29, 0.717) is 27.7 Å². The number of benzene rings is 2. The molecule has 0 radical (unpaired) electrons. The second-order valence-corrected chi connectivity index (χ2v) is 11.8. The quantitative estimate of drug-likeness (QED) is 0.447. The second-order valence-electron chi connectivity index (χ2n) is 9.09. The normalized spacial score (nSPS) is 15.2. The number of carbonyl (C=O) groups excluding carboxylic acids is 2. The van der Waals surface area contributed by atoms with Gasteiger partial charge in [-0.15, -0.1) is 0 Å². The lowest BCUT2D eigenvalue weighted by atomic mass is 9.95. The molecule has 196 valence electrons. The van der Waals surface area contributed by atoms with Crippen molar-refractivity contribution in [3.8, 4) is 0 Å². The molecule has 0 aliphatic heterocycles. The summed E-state index contributed by atoms with van der Waals surface area (Å²) in [5, 5.41) is 3.84. The molecule has 0 bridgehead atoms. The molecule has 2 aromatic rings. The first kappa shape index (κ1) is 28.3. The molecule has 2 aromatic carbocycles. The second kappa shape index (κ2) is 12.8. The van der Waals surface area contributed by atoms with Gasteiger partial charge in [-0.2, -0.15) is 0 Å². The number of para-hydroxylation sites is 1. The molecule has 36 heavy (non-hydrogen) atoms. The van der Waals surface area contributed by atoms with E-state index in [-0.39, 0.29) is 18.5 Å². The highest BCUT2D eigenvalue weighted by molar-refractivity contribution is 7.92. The van der Waals surface area contributed by atoms with Crippen molar-refractivity contribution in [2.45, 2.75) is 64.1 Å². The first-order valence-electron chi connectivity index (χ1n) is 12.2. The Labute approximate surface area is 223 Å². The molecule has 1 saturated carbocycles. The van der Waals surface area contributed by atoms with E-state index in [1.807, 2.05) is 6.92 Å². The maximum atomic E-state index is 13.8. The Morgan fingerprint density at radius 3 is 2.17 bits per heavy atom. The van der Waals surface area contributed by atoms with Crippen LogP contribution in [0.1, 0.15) is 51.0 Å². The number of hydrogen-bond acceptors (Lipinski definition) is 4. The predicted molar refractivity (Wildman–Crippen MR) is 145 cm³/mol. The van der Waals surface area contributed by atoms with Crippen molar-refractivity contribution in [3.05, 3.63) is 64.1 Å². The molecule has 0 spiro atoms. The number of rotatable bonds is 10. The maximum absolute atomic E-state index is 13.8. The average Bonchev–Trinajstić information content (AvgIpc) is 2.84. The van der Waals surface area contributed by atoms with Gasteiger partial charge in [0.1, 0.15) is 12.6 Å². The Balaban J connectivity index is 1.94. The number of halogens is 2. The first-order chi connectivity index (χ1) is 17.1. The van der Waals surface area contributed by atoms with Crippen molar-refractivity contribution < 1.29 is 18.0 Å². The third-order valence-electron chi connectivity index (χ3n) is 6.45. The fourth-order valence-electron chi connectivity index (χ4n) is 4.53. The van der Waals surface area contributed by atoms with Gasteiger partial charge in [-0.3, -0.25) is 13.9 Å². The molecule has 0 aromatic heterocycles. The number of hydrogen-bond donors (Lipinski definition) is 1. The van der Waals surface area contributed by atoms with Gasteiger partial charge in [0.05, 0.1) is 11.9 Å². The summed E-state index contributed by atoms with van der Waals surface area (Å²) in [5.41, 5.74) is 0.868. The highest BCUT2D eigenvalue weighted by atomic mass is 35.5. The van der Waals surface area contributed by atoms with Crippen LogP contribution in [0.3, 0.4) is 0 Å². The summed E-state index contributed by atoms with van der Waals surface area (Å²) in [4.78, 5) is 28.5. The summed E-state index contributed by atoms with van der Waals surface area (Å²) in [6.45, 7) is 1.34. The Hall–Kier alpha value is -2.29. The fraction of sp³-hybridized carbons (Fsp3) is 0.462. The fourth-order valence-corrected chi connectivity index (χ4v) is 5.89. The Kier molecular flexibility index (Phi) is 10.0. The maximum Gasteiger partial charge on any atom is 0.244 e. The largest absolute Gasteiger partial charge is 0.352 e. The average molecular weight is 555 g/mol. The first-order valence-corrected chi connectivity index (χ1v) is 14.8. The van der Waals surface area contributed by atoms with Gasteiger partial charge >= 0.3 is 0 Å². The highest BCUT2D eigenvalue weighted by Gasteiger charge is 2.33. The van der Waals surface area contributed by atoms with Crippen LogP contribution in [-0.2, 0) is 26.2 Å². The Morgan fingerprint density at radius 2 is 1.61 bits per heavy atom. The van der Waals surface area contributed by atoms with E-state index in [1.54, 1.807) is 48.5 Å². The summed E-state index contributed by atoms with van der Waals surface area (Å²) in [7, 11) is -3.78. The number of amides is 2. The number of anilines is 1. The van der Waals surface area contributed by atoms with Crippen molar-refractivity contribution in [2.24, 2.45) is 0 Å². The topological polar surface area (TPSA) is 86.8 Å². The van der Waals surface area contributed by atoms with Crippen LogP contribution in [0.15, 0.2) is 48.5 Å². The zero-order chi connectivity index (χ0) is 26.3. The lowest BCUT2D eigenvalue weighted by Gasteiger charge is -2.34. The van der Waals surface area contributed by atoms with E-state index < -0.39 is 28.5 Å². The molecular weight excluding hydrogens is 521 g/mol. The number of carbonyl (C=O) groups is 2. The van der Waals surface area contributed by atoms with Crippen LogP contribution >= 0.6 is 23.2 Å². The minimum Gasteiger partial charge on any atom is -0.352 e. The smallest absolute Gasteiger partial charge is 0.244 e. The zero-order valence-electron chi connectivity index (χ0n) is 20.6. The van der Waals surface area contributed by atoms with E-state index >= 15 is 0 Å². The third-order valence-corrected chi connectivity index (χ3v) is 8.30. The standard InChI is InChI=1S/C26H33Cl2N3O4S/c1-3-24(26(33)29-19-11-6-4-7-12-19)30(17-21-22(27)15-10-16-23(21)28)25(32)18-31(36(2,34)35)20-13-8-5-9-14-20/h5,8-10,13-16,19,24H,3-4,6-7,11-12,17-18H2,1-2H3,(H,29,33)/t24-/m0/s1. The molecule has 1 N–H and O–H groups in total. The van der Waals surface area contributed by atoms with E-state index in [1.165, 1.54) is 4.90 Å². The van der Waals surface area contributed by atoms with Gasteiger partial charge in [0.15, 0.2) is 0 Å². The molecule has 10 heteroatoms. The van der Waals surface area contributed by atoms with Crippen LogP contribution in [-0.4, -0.2) is 50.0 Å². The van der Waals surface area contributed by atoms with Crippen LogP contribution in [0.4, 0.5) is 5.69 Å². The number of nitrogens with one attached hydrogen (secondary N) is 1. The zero-order valence-corrected chi connectivity index (χ0v) is 23.0. The summed E-state index contributed by atoms with van der Waals surface area (Å²) in [6, 6.07) is 12.7. The molecular formula is C26H33Cl2N3O4S. The van der Waals surface area contributed by atoms with Gasteiger partial charge in [-0.25, -0.2) is 8.42 Å². The van der Waals surface area contributed by atoms with Crippen molar-refractivity contribution in [3.63, 3.8) is 0 Å². The van der Waals surface area contributed by atoms with Gasteiger partial charge in [-0.05, 0) is 43.5 Å². The molecule has 7 nitrogen and oxygen atoms in total. The van der Waals surface area contributed by atoms with E-state index in [2.05, 4.69) is 5.32 Å². The van der Waals surface area contributed by atoms with Gasteiger partial charge in [-0.1, -0.05) is 73.7 Å². The molecule has 2 amide bonds. The van der Waals surface area contributed by atoms with Crippen molar-refractivity contribution in [2.75, 3.05) is 17.1 Å². The van der Waals surface area contributed by atoms with Crippen molar-refractivity contribution >= 4 is 50.7 Å². The Morgan fingerprint density at radius 1 is 1.00 bits per heavy atom. The third kappa shape index (κ3) is 7.37. The number of sulfonamides is 1. The highest BCUT2D eigenvalue weighted by Crippen LogP contribution is 2.28. The monoisotopic (exact) mass is 553 g/mol. The van der Waals surface area contributed by atoms with Crippen LogP contribution in [0.25, 0.3) is 0 Å². The molecule has 1 aliphatic rings. The minimum atomic E-state index is -3.78. The van der Waals surface area contributed by atoms with Gasteiger partial charge < -0.3 is 10.2 Å². The minimum absolute atomic E-state index is 0.0275. The van der Waals surface area contributed by atoms with E-state index in [0.717, 1.165) is 42.7 Å². The van der Waals surface area contributed by atoms with Gasteiger partial charge in [0, 0.05) is 28.2 Å². The van der Waals surface area contributed by atoms with Gasteiger partial charge in [0.2, 0.25) is 21.8 Å². The van der Waals surface area contributed by atoms with Gasteiger partial charge in [0.25, 0.3) is 0 Å². The molecule has 1 aliphatic carbocycles. The van der Waals surface area contributed by atoms with Crippen LogP contribution < -0.4 is 9.62 Å². The lowest BCUT2D eigenvalue weighted by Crippen LogP contribution is -2.54. The summed E-state index contributed by atoms with van der Waals surface area (Å²) >= 11 is 12.8. The molecule has 0 unspecified atom stereocenters. The van der Waals surface area contributed by atoms with Crippen molar-refractivity contribution in [1.82, 2.24) is 10.2 Å². The van der Waals surface area contributed by atoms with Crippen LogP contribution in [0.2, 0.25) is 10.0 Å². The van der Waals surface area contributed by atoms with Crippen LogP contribution in [0.5, 0.6) is 0 Å². The summed E-state index contributed by atoms with van der Waals surface area (Å²) < 4.78 is 26.3. The van der Waals surface area contributed by atoms with E-state index in [9.17, 15) is 18.0 Å². The summed E-state index contributed by atoms with van der Waals surface area (Å²) in [6.07, 6.45) is 6.47. The molecule has 0 heterocycles. The SMILES string of the molecule is CC[C@@H](C(=O)NC1CCCCC1)N(Cc1c(Cl)cccc1Cl)C(=O)CN(c1ccccc1)S(C)(=O)=O. The predicted octanol–water partition coefficient (Wildman–Crippen LogP) is 5.02. The van der Waals surface area contributed by atoms with Crippen LogP contribution in [0, 0.1) is 0 Å². The number of nitrogens with zero attached hydrogens (tertiary/aromatic N) is 2. The van der Waals surface area contributed by atoms with E-state index in [4.69, 9.17) is 23.2 Å². The molecule has 1 fully saturated rings. The molecule has 1 atom stereocenters. The van der Waals surface area contributed by atoms with Crippen molar-refractivity contribution in [1.29, 1.82) is 0 Å². The molecule has 3 rings (SSSR count). The Bertz CT molecular complexity index is 1130.